The van der Waals surface area contributed by atoms with E-state index in [9.17, 15) is 4.79 Å². The zero-order valence-corrected chi connectivity index (χ0v) is 8.19. The van der Waals surface area contributed by atoms with Crippen LogP contribution in [0, 0.1) is 6.92 Å². The molecule has 0 saturated carbocycles. The van der Waals surface area contributed by atoms with E-state index in [-0.39, 0.29) is 11.2 Å². The number of pyridine rings is 1. The molecule has 0 aliphatic rings. The lowest BCUT2D eigenvalue weighted by molar-refractivity contribution is 0.424. The zero-order chi connectivity index (χ0) is 11.0. The number of nitrogens with one attached hydrogen (secondary N) is 1. The second kappa shape index (κ2) is 3.53. The van der Waals surface area contributed by atoms with Gasteiger partial charge in [0.1, 0.15) is 0 Å². The lowest BCUT2D eigenvalue weighted by Gasteiger charge is -2.04. The standard InChI is InChI=1S/C10H10BNO3/c1-6-3-2-4-7-8(6)5-9(11(14)15)12-10(7)13/h2-5,14-15H,1H3,(H,12,13). The summed E-state index contributed by atoms with van der Waals surface area (Å²) in [5, 5.41) is 19.3. The van der Waals surface area contributed by atoms with Crippen molar-refractivity contribution in [3.63, 3.8) is 0 Å². The van der Waals surface area contributed by atoms with Crippen molar-refractivity contribution in [3.05, 3.63) is 40.2 Å². The predicted molar refractivity (Wildman–Crippen MR) is 59.1 cm³/mol. The van der Waals surface area contributed by atoms with E-state index in [0.717, 1.165) is 10.9 Å². The van der Waals surface area contributed by atoms with E-state index < -0.39 is 7.12 Å². The third-order valence-electron chi connectivity index (χ3n) is 2.40. The van der Waals surface area contributed by atoms with Gasteiger partial charge in [-0.1, -0.05) is 12.1 Å². The van der Waals surface area contributed by atoms with Gasteiger partial charge in [-0.3, -0.25) is 4.79 Å². The summed E-state index contributed by atoms with van der Waals surface area (Å²) in [5.74, 6) is 0. The van der Waals surface area contributed by atoms with Gasteiger partial charge in [0, 0.05) is 11.0 Å². The van der Waals surface area contributed by atoms with Crippen molar-refractivity contribution in [1.82, 2.24) is 4.98 Å². The molecule has 4 nitrogen and oxygen atoms in total. The Morgan fingerprint density at radius 3 is 2.67 bits per heavy atom. The van der Waals surface area contributed by atoms with E-state index >= 15 is 0 Å². The predicted octanol–water partition coefficient (Wildman–Crippen LogP) is -0.484. The van der Waals surface area contributed by atoms with E-state index in [1.54, 1.807) is 18.2 Å². The fourth-order valence-electron chi connectivity index (χ4n) is 1.60. The molecule has 0 bridgehead atoms. The lowest BCUT2D eigenvalue weighted by Crippen LogP contribution is -2.36. The number of fused-ring (bicyclic) bond motifs is 1. The molecule has 3 N–H and O–H groups in total. The van der Waals surface area contributed by atoms with E-state index in [4.69, 9.17) is 10.0 Å². The molecular weight excluding hydrogens is 193 g/mol. The quantitative estimate of drug-likeness (QED) is 0.548. The summed E-state index contributed by atoms with van der Waals surface area (Å²) < 4.78 is 0. The summed E-state index contributed by atoms with van der Waals surface area (Å²) in [4.78, 5) is 14.0. The second-order valence-corrected chi connectivity index (χ2v) is 3.46. The first kappa shape index (κ1) is 9.95. The molecule has 1 heterocycles. The van der Waals surface area contributed by atoms with Crippen molar-refractivity contribution in [2.45, 2.75) is 6.92 Å². The van der Waals surface area contributed by atoms with Crippen LogP contribution >= 0.6 is 0 Å². The van der Waals surface area contributed by atoms with Crippen molar-refractivity contribution in [2.75, 3.05) is 0 Å². The minimum Gasteiger partial charge on any atom is -0.422 e. The minimum atomic E-state index is -1.65. The zero-order valence-electron chi connectivity index (χ0n) is 8.19. The average Bonchev–Trinajstić information content (AvgIpc) is 2.19. The van der Waals surface area contributed by atoms with E-state index in [2.05, 4.69) is 4.98 Å². The molecular formula is C10H10BNO3. The normalized spacial score (nSPS) is 10.6. The van der Waals surface area contributed by atoms with Gasteiger partial charge in [0.25, 0.3) is 5.56 Å². The van der Waals surface area contributed by atoms with Gasteiger partial charge in [-0.2, -0.15) is 0 Å². The maximum Gasteiger partial charge on any atom is 0.505 e. The van der Waals surface area contributed by atoms with Crippen LogP contribution in [0.3, 0.4) is 0 Å². The number of H-pyrrole nitrogens is 1. The largest absolute Gasteiger partial charge is 0.505 e. The van der Waals surface area contributed by atoms with Gasteiger partial charge in [-0.05, 0) is 30.0 Å². The van der Waals surface area contributed by atoms with Crippen LogP contribution in [0.1, 0.15) is 5.56 Å². The Morgan fingerprint density at radius 2 is 2.00 bits per heavy atom. The number of hydrogen-bond donors (Lipinski definition) is 3. The molecule has 0 spiro atoms. The Hall–Kier alpha value is -1.59. The molecule has 0 saturated heterocycles. The molecule has 15 heavy (non-hydrogen) atoms. The summed E-state index contributed by atoms with van der Waals surface area (Å²) in [7, 11) is -1.65. The summed E-state index contributed by atoms with van der Waals surface area (Å²) >= 11 is 0. The van der Waals surface area contributed by atoms with Crippen LogP contribution in [-0.4, -0.2) is 22.2 Å². The van der Waals surface area contributed by atoms with Crippen LogP contribution in [0.15, 0.2) is 29.1 Å². The van der Waals surface area contributed by atoms with Gasteiger partial charge < -0.3 is 15.0 Å². The van der Waals surface area contributed by atoms with Crippen LogP contribution < -0.4 is 11.2 Å². The Kier molecular flexibility index (Phi) is 2.34. The second-order valence-electron chi connectivity index (χ2n) is 3.46. The lowest BCUT2D eigenvalue weighted by atomic mass is 9.84. The molecule has 0 fully saturated rings. The fraction of sp³-hybridized carbons (Fsp3) is 0.100. The molecule has 1 aromatic carbocycles. The maximum absolute atomic E-state index is 11.6. The van der Waals surface area contributed by atoms with Crippen LogP contribution in [0.25, 0.3) is 10.8 Å². The van der Waals surface area contributed by atoms with Gasteiger partial charge >= 0.3 is 7.12 Å². The maximum atomic E-state index is 11.6. The fourth-order valence-corrected chi connectivity index (χ4v) is 1.60. The number of benzene rings is 1. The number of aryl methyl sites for hydroxylation is 1. The first-order valence-corrected chi connectivity index (χ1v) is 4.58. The Labute approximate surface area is 86.3 Å². The van der Waals surface area contributed by atoms with Gasteiger partial charge in [0.2, 0.25) is 0 Å². The molecule has 76 valence electrons. The molecule has 0 unspecified atom stereocenters. The first-order valence-electron chi connectivity index (χ1n) is 4.58. The summed E-state index contributed by atoms with van der Waals surface area (Å²) in [6.45, 7) is 1.87. The number of rotatable bonds is 1. The van der Waals surface area contributed by atoms with Gasteiger partial charge in [-0.15, -0.1) is 0 Å². The SMILES string of the molecule is Cc1cccc2c(=O)[nH]c(B(O)O)cc12. The molecule has 0 atom stereocenters. The molecule has 0 aliphatic carbocycles. The Balaban J connectivity index is 2.86. The average molecular weight is 203 g/mol. The third-order valence-corrected chi connectivity index (χ3v) is 2.40. The van der Waals surface area contributed by atoms with E-state index in [1.807, 2.05) is 13.0 Å². The summed E-state index contributed by atoms with van der Waals surface area (Å²) in [6.07, 6.45) is 0. The Morgan fingerprint density at radius 1 is 1.27 bits per heavy atom. The van der Waals surface area contributed by atoms with Crippen LogP contribution in [-0.2, 0) is 0 Å². The van der Waals surface area contributed by atoms with Crippen molar-refractivity contribution in [1.29, 1.82) is 0 Å². The van der Waals surface area contributed by atoms with Crippen molar-refractivity contribution in [3.8, 4) is 0 Å². The minimum absolute atomic E-state index is 0.113. The van der Waals surface area contributed by atoms with Crippen molar-refractivity contribution < 1.29 is 10.0 Å². The molecule has 5 heteroatoms. The highest BCUT2D eigenvalue weighted by Crippen LogP contribution is 2.12. The third kappa shape index (κ3) is 1.67. The van der Waals surface area contributed by atoms with Gasteiger partial charge in [0.15, 0.2) is 0 Å². The number of aromatic nitrogens is 1. The summed E-state index contributed by atoms with van der Waals surface area (Å²) in [5.41, 5.74) is 0.738. The van der Waals surface area contributed by atoms with Gasteiger partial charge in [0.05, 0.1) is 0 Å². The van der Waals surface area contributed by atoms with Crippen LogP contribution in [0.5, 0.6) is 0 Å². The summed E-state index contributed by atoms with van der Waals surface area (Å²) in [6, 6.07) is 6.95. The topological polar surface area (TPSA) is 73.3 Å². The number of hydrogen-bond acceptors (Lipinski definition) is 3. The van der Waals surface area contributed by atoms with Crippen LogP contribution in [0.4, 0.5) is 0 Å². The van der Waals surface area contributed by atoms with Crippen molar-refractivity contribution >= 4 is 23.5 Å². The van der Waals surface area contributed by atoms with Gasteiger partial charge in [-0.25, -0.2) is 0 Å². The first-order chi connectivity index (χ1) is 7.09. The highest BCUT2D eigenvalue weighted by molar-refractivity contribution is 6.57. The molecule has 0 amide bonds. The highest BCUT2D eigenvalue weighted by atomic mass is 16.4. The van der Waals surface area contributed by atoms with Crippen molar-refractivity contribution in [2.24, 2.45) is 0 Å². The smallest absolute Gasteiger partial charge is 0.422 e. The molecule has 2 aromatic rings. The molecule has 2 rings (SSSR count). The van der Waals surface area contributed by atoms with E-state index in [0.29, 0.717) is 5.39 Å². The number of aromatic amines is 1. The monoisotopic (exact) mass is 203 g/mol. The highest BCUT2D eigenvalue weighted by Gasteiger charge is 2.14. The molecule has 1 aromatic heterocycles. The Bertz CT molecular complexity index is 562. The molecule has 0 aliphatic heterocycles. The molecule has 0 radical (unpaired) electrons. The van der Waals surface area contributed by atoms with E-state index in [1.165, 1.54) is 0 Å². The van der Waals surface area contributed by atoms with Crippen LogP contribution in [0.2, 0.25) is 0 Å².